The van der Waals surface area contributed by atoms with E-state index in [-0.39, 0.29) is 11.5 Å². The lowest BCUT2D eigenvalue weighted by Crippen LogP contribution is -2.05. The maximum absolute atomic E-state index is 15.1. The fraction of sp³-hybridized carbons (Fsp3) is 0.0769. The second-order valence-corrected chi connectivity index (χ2v) is 7.10. The molecule has 2 aromatic heterocycles. The van der Waals surface area contributed by atoms with Crippen molar-refractivity contribution in [2.24, 2.45) is 0 Å². The van der Waals surface area contributed by atoms with E-state index in [4.69, 9.17) is 5.26 Å². The van der Waals surface area contributed by atoms with E-state index < -0.39 is 5.82 Å². The van der Waals surface area contributed by atoms with Gasteiger partial charge < -0.3 is 5.32 Å². The van der Waals surface area contributed by atoms with Crippen molar-refractivity contribution in [2.75, 3.05) is 5.32 Å². The molecule has 0 radical (unpaired) electrons. The molecule has 0 saturated carbocycles. The molecular formula is C26H20FN5. The quantitative estimate of drug-likeness (QED) is 0.309. The summed E-state index contributed by atoms with van der Waals surface area (Å²) in [4.78, 5) is 12.5. The van der Waals surface area contributed by atoms with E-state index >= 15 is 4.39 Å². The molecule has 32 heavy (non-hydrogen) atoms. The molecule has 0 amide bonds. The van der Waals surface area contributed by atoms with E-state index in [9.17, 15) is 0 Å². The van der Waals surface area contributed by atoms with Crippen molar-refractivity contribution in [2.45, 2.75) is 13.5 Å². The van der Waals surface area contributed by atoms with Crippen molar-refractivity contribution in [3.05, 3.63) is 102 Å². The van der Waals surface area contributed by atoms with Crippen LogP contribution >= 0.6 is 0 Å². The van der Waals surface area contributed by atoms with E-state index in [1.54, 1.807) is 18.3 Å². The predicted octanol–water partition coefficient (Wildman–Crippen LogP) is 5.93. The molecule has 0 bridgehead atoms. The maximum Gasteiger partial charge on any atom is 0.191 e. The monoisotopic (exact) mass is 421 g/mol. The Balaban J connectivity index is 1.51. The fourth-order valence-electron chi connectivity index (χ4n) is 3.31. The van der Waals surface area contributed by atoms with Crippen LogP contribution in [0.2, 0.25) is 0 Å². The molecule has 6 heteroatoms. The number of fused-ring (bicyclic) bond motifs is 1. The average Bonchev–Trinajstić information content (AvgIpc) is 2.83. The van der Waals surface area contributed by atoms with E-state index in [0.717, 1.165) is 22.0 Å². The summed E-state index contributed by atoms with van der Waals surface area (Å²) >= 11 is 0. The molecule has 4 aromatic rings. The minimum atomic E-state index is -0.500. The summed E-state index contributed by atoms with van der Waals surface area (Å²) in [5.41, 5.74) is 4.21. The van der Waals surface area contributed by atoms with E-state index in [1.807, 2.05) is 67.6 Å². The van der Waals surface area contributed by atoms with Gasteiger partial charge in [0.25, 0.3) is 0 Å². The third-order valence-corrected chi connectivity index (χ3v) is 4.90. The minimum absolute atomic E-state index is 0.144. The number of hydrogen-bond acceptors (Lipinski definition) is 5. The van der Waals surface area contributed by atoms with Crippen LogP contribution < -0.4 is 5.32 Å². The minimum Gasteiger partial charge on any atom is -0.363 e. The second kappa shape index (κ2) is 9.63. The first kappa shape index (κ1) is 20.9. The molecule has 4 rings (SSSR count). The molecule has 156 valence electrons. The standard InChI is InChI=1S/C26H20FN5/c1-2-4-20(15-28)13-18-6-8-19(9-7-18)16-30-26-24(27)25(31-17-32-26)22-10-11-23-21(14-22)5-3-12-29-23/h2-14,17H,16H2,1H3,(H,30,31,32)/b4-2-,20-13+. The maximum atomic E-state index is 15.1. The normalized spacial score (nSPS) is 11.6. The lowest BCUT2D eigenvalue weighted by atomic mass is 10.1. The number of nitrogens with one attached hydrogen (secondary N) is 1. The summed E-state index contributed by atoms with van der Waals surface area (Å²) in [7, 11) is 0. The largest absolute Gasteiger partial charge is 0.363 e. The first-order valence-corrected chi connectivity index (χ1v) is 10.1. The highest BCUT2D eigenvalue weighted by atomic mass is 19.1. The van der Waals surface area contributed by atoms with Crippen molar-refractivity contribution in [3.8, 4) is 17.3 Å². The van der Waals surface area contributed by atoms with Crippen LogP contribution in [0.4, 0.5) is 10.2 Å². The Morgan fingerprint density at radius 1 is 1.09 bits per heavy atom. The third-order valence-electron chi connectivity index (χ3n) is 4.90. The summed E-state index contributed by atoms with van der Waals surface area (Å²) in [5, 5.41) is 13.1. The van der Waals surface area contributed by atoms with Crippen LogP contribution in [0.5, 0.6) is 0 Å². The molecule has 5 nitrogen and oxygen atoms in total. The Labute approximate surface area is 185 Å². The molecule has 0 aliphatic heterocycles. The molecule has 0 unspecified atom stereocenters. The smallest absolute Gasteiger partial charge is 0.191 e. The Hall–Kier alpha value is -4.37. The van der Waals surface area contributed by atoms with Crippen molar-refractivity contribution in [1.82, 2.24) is 15.0 Å². The Kier molecular flexibility index (Phi) is 6.28. The highest BCUT2D eigenvalue weighted by Crippen LogP contribution is 2.27. The molecule has 2 heterocycles. The number of nitriles is 1. The van der Waals surface area contributed by atoms with Crippen LogP contribution in [0, 0.1) is 17.1 Å². The molecule has 1 N–H and O–H groups in total. The Morgan fingerprint density at radius 2 is 1.94 bits per heavy atom. The second-order valence-electron chi connectivity index (χ2n) is 7.10. The van der Waals surface area contributed by atoms with Gasteiger partial charge >= 0.3 is 0 Å². The topological polar surface area (TPSA) is 74.5 Å². The molecule has 0 atom stereocenters. The van der Waals surface area contributed by atoms with Gasteiger partial charge in [-0.3, -0.25) is 4.98 Å². The SMILES string of the molecule is C/C=C\C(C#N)=C/c1ccc(CNc2ncnc(-c3ccc4ncccc4c3)c2F)cc1. The van der Waals surface area contributed by atoms with Gasteiger partial charge in [-0.1, -0.05) is 42.5 Å². The van der Waals surface area contributed by atoms with Crippen molar-refractivity contribution >= 4 is 22.8 Å². The van der Waals surface area contributed by atoms with Gasteiger partial charge in [-0.05, 0) is 48.4 Å². The van der Waals surface area contributed by atoms with Gasteiger partial charge in [0, 0.05) is 23.7 Å². The molecule has 0 saturated heterocycles. The third kappa shape index (κ3) is 4.68. The number of nitrogens with zero attached hydrogens (tertiary/aromatic N) is 4. The Bertz CT molecular complexity index is 1350. The molecule has 0 fully saturated rings. The number of anilines is 1. The summed E-state index contributed by atoms with van der Waals surface area (Å²) in [6.07, 6.45) is 8.48. The number of rotatable bonds is 6. The van der Waals surface area contributed by atoms with Crippen LogP contribution in [0.3, 0.4) is 0 Å². The van der Waals surface area contributed by atoms with Gasteiger partial charge in [-0.15, -0.1) is 0 Å². The number of aromatic nitrogens is 3. The lowest BCUT2D eigenvalue weighted by molar-refractivity contribution is 0.621. The van der Waals surface area contributed by atoms with Crippen molar-refractivity contribution < 1.29 is 4.39 Å². The zero-order chi connectivity index (χ0) is 22.3. The zero-order valence-electron chi connectivity index (χ0n) is 17.5. The average molecular weight is 421 g/mol. The van der Waals surface area contributed by atoms with Crippen molar-refractivity contribution in [3.63, 3.8) is 0 Å². The van der Waals surface area contributed by atoms with Crippen molar-refractivity contribution in [1.29, 1.82) is 5.26 Å². The van der Waals surface area contributed by atoms with Crippen LogP contribution in [0.1, 0.15) is 18.1 Å². The van der Waals surface area contributed by atoms with Crippen LogP contribution in [0.25, 0.3) is 28.2 Å². The number of allylic oxidation sites excluding steroid dienone is 3. The molecule has 0 spiro atoms. The number of halogens is 1. The zero-order valence-corrected chi connectivity index (χ0v) is 17.5. The molecule has 0 aliphatic carbocycles. The van der Waals surface area contributed by atoms with Gasteiger partial charge in [0.1, 0.15) is 12.0 Å². The summed E-state index contributed by atoms with van der Waals surface area (Å²) in [6.45, 7) is 2.27. The highest BCUT2D eigenvalue weighted by molar-refractivity contribution is 5.84. The van der Waals surface area contributed by atoms with Gasteiger partial charge in [-0.25, -0.2) is 14.4 Å². The van der Waals surface area contributed by atoms with E-state index in [0.29, 0.717) is 17.7 Å². The van der Waals surface area contributed by atoms with Crippen LogP contribution in [-0.2, 0) is 6.54 Å². The number of pyridine rings is 1. The van der Waals surface area contributed by atoms with E-state index in [1.165, 1.54) is 6.33 Å². The van der Waals surface area contributed by atoms with Gasteiger partial charge in [0.2, 0.25) is 0 Å². The Morgan fingerprint density at radius 3 is 2.72 bits per heavy atom. The lowest BCUT2D eigenvalue weighted by Gasteiger charge is -2.10. The first-order chi connectivity index (χ1) is 15.7. The van der Waals surface area contributed by atoms with Gasteiger partial charge in [0.05, 0.1) is 17.2 Å². The van der Waals surface area contributed by atoms with Crippen LogP contribution in [0.15, 0.2) is 84.8 Å². The summed E-state index contributed by atoms with van der Waals surface area (Å²) in [6, 6.07) is 19.2. The highest BCUT2D eigenvalue weighted by Gasteiger charge is 2.13. The van der Waals surface area contributed by atoms with E-state index in [2.05, 4.69) is 26.3 Å². The van der Waals surface area contributed by atoms with Crippen LogP contribution in [-0.4, -0.2) is 15.0 Å². The van der Waals surface area contributed by atoms with Gasteiger partial charge in [-0.2, -0.15) is 5.26 Å². The molecule has 0 aliphatic rings. The number of benzene rings is 2. The molecule has 2 aromatic carbocycles. The molecular weight excluding hydrogens is 401 g/mol. The van der Waals surface area contributed by atoms with Gasteiger partial charge in [0.15, 0.2) is 11.6 Å². The number of hydrogen-bond donors (Lipinski definition) is 1. The summed E-state index contributed by atoms with van der Waals surface area (Å²) in [5.74, 6) is -0.356. The first-order valence-electron chi connectivity index (χ1n) is 10.1. The predicted molar refractivity (Wildman–Crippen MR) is 125 cm³/mol. The summed E-state index contributed by atoms with van der Waals surface area (Å²) < 4.78 is 15.1. The fourth-order valence-corrected chi connectivity index (χ4v) is 3.31.